The molecule has 1 aromatic heterocycles. The van der Waals surface area contributed by atoms with E-state index in [9.17, 15) is 0 Å². The van der Waals surface area contributed by atoms with Crippen molar-refractivity contribution in [2.24, 2.45) is 0 Å². The van der Waals surface area contributed by atoms with Gasteiger partial charge in [0, 0.05) is 32.0 Å². The van der Waals surface area contributed by atoms with Gasteiger partial charge in [0.1, 0.15) is 0 Å². The Morgan fingerprint density at radius 2 is 1.71 bits per heavy atom. The molecule has 0 saturated carbocycles. The first-order chi connectivity index (χ1) is 6.86. The topological polar surface area (TPSA) is 31.4 Å². The number of ether oxygens (including phenoxy) is 2. The summed E-state index contributed by atoms with van der Waals surface area (Å²) < 4.78 is 10.7. The van der Waals surface area contributed by atoms with Crippen LogP contribution in [-0.2, 0) is 15.9 Å². The molecule has 1 radical (unpaired) electrons. The molecule has 0 aliphatic heterocycles. The molecule has 0 aliphatic carbocycles. The number of hydrogen-bond donors (Lipinski definition) is 0. The van der Waals surface area contributed by atoms with E-state index in [2.05, 4.69) is 4.98 Å². The fourth-order valence-corrected chi connectivity index (χ4v) is 1.13. The van der Waals surface area contributed by atoms with E-state index in [1.165, 1.54) is 0 Å². The Morgan fingerprint density at radius 3 is 2.21 bits per heavy atom. The summed E-state index contributed by atoms with van der Waals surface area (Å²) in [5.41, 5.74) is 1.15. The second-order valence-electron chi connectivity index (χ2n) is 2.77. The SMILES string of the molecule is CCO[C](Cc1ccncc1)OCC. The minimum atomic E-state index is 0.639. The van der Waals surface area contributed by atoms with Crippen molar-refractivity contribution in [3.63, 3.8) is 0 Å². The van der Waals surface area contributed by atoms with E-state index >= 15 is 0 Å². The summed E-state index contributed by atoms with van der Waals surface area (Å²) in [6, 6.07) is 3.91. The van der Waals surface area contributed by atoms with Gasteiger partial charge in [-0.25, -0.2) is 0 Å². The minimum Gasteiger partial charge on any atom is -0.345 e. The molecule has 0 bridgehead atoms. The van der Waals surface area contributed by atoms with Crippen LogP contribution >= 0.6 is 0 Å². The third kappa shape index (κ3) is 3.85. The van der Waals surface area contributed by atoms with Crippen LogP contribution in [0.3, 0.4) is 0 Å². The molecule has 0 spiro atoms. The number of nitrogens with zero attached hydrogens (tertiary/aromatic N) is 1. The van der Waals surface area contributed by atoms with E-state index in [0.717, 1.165) is 5.56 Å². The zero-order chi connectivity index (χ0) is 10.2. The Kier molecular flexibility index (Phi) is 5.19. The van der Waals surface area contributed by atoms with E-state index in [-0.39, 0.29) is 0 Å². The lowest BCUT2D eigenvalue weighted by Crippen LogP contribution is -2.11. The first-order valence-electron chi connectivity index (χ1n) is 4.87. The van der Waals surface area contributed by atoms with Gasteiger partial charge in [-0.05, 0) is 31.5 Å². The standard InChI is InChI=1S/C11H16NO2/c1-3-13-11(14-4-2)9-10-5-7-12-8-6-10/h5-8H,3-4,9H2,1-2H3. The second kappa shape index (κ2) is 6.51. The van der Waals surface area contributed by atoms with Gasteiger partial charge in [0.2, 0.25) is 6.29 Å². The zero-order valence-corrected chi connectivity index (χ0v) is 8.69. The Labute approximate surface area is 85.1 Å². The molecule has 0 amide bonds. The van der Waals surface area contributed by atoms with Gasteiger partial charge in [0.25, 0.3) is 0 Å². The van der Waals surface area contributed by atoms with Crippen LogP contribution in [0.25, 0.3) is 0 Å². The maximum atomic E-state index is 5.36. The van der Waals surface area contributed by atoms with Gasteiger partial charge in [0.05, 0.1) is 0 Å². The van der Waals surface area contributed by atoms with Crippen molar-refractivity contribution < 1.29 is 9.47 Å². The van der Waals surface area contributed by atoms with Crippen LogP contribution in [0.15, 0.2) is 24.5 Å². The Morgan fingerprint density at radius 1 is 1.14 bits per heavy atom. The normalized spacial score (nSPS) is 10.8. The van der Waals surface area contributed by atoms with Crippen molar-refractivity contribution >= 4 is 0 Å². The average molecular weight is 194 g/mol. The van der Waals surface area contributed by atoms with Crippen LogP contribution in [-0.4, -0.2) is 18.2 Å². The smallest absolute Gasteiger partial charge is 0.228 e. The number of rotatable bonds is 6. The van der Waals surface area contributed by atoms with E-state index in [1.54, 1.807) is 12.4 Å². The molecular weight excluding hydrogens is 178 g/mol. The lowest BCUT2D eigenvalue weighted by atomic mass is 10.2. The molecule has 0 aromatic carbocycles. The van der Waals surface area contributed by atoms with E-state index in [4.69, 9.17) is 9.47 Å². The predicted octanol–water partition coefficient (Wildman–Crippen LogP) is 2.19. The van der Waals surface area contributed by atoms with Crippen LogP contribution in [0.2, 0.25) is 0 Å². The lowest BCUT2D eigenvalue weighted by Gasteiger charge is -2.14. The summed E-state index contributed by atoms with van der Waals surface area (Å²) in [7, 11) is 0. The van der Waals surface area contributed by atoms with Crippen molar-refractivity contribution in [1.29, 1.82) is 0 Å². The quantitative estimate of drug-likeness (QED) is 0.695. The third-order valence-electron chi connectivity index (χ3n) is 1.71. The fraction of sp³-hybridized carbons (Fsp3) is 0.455. The molecule has 1 aromatic rings. The molecule has 1 heterocycles. The summed E-state index contributed by atoms with van der Waals surface area (Å²) in [4.78, 5) is 3.95. The zero-order valence-electron chi connectivity index (χ0n) is 8.69. The minimum absolute atomic E-state index is 0.639. The summed E-state index contributed by atoms with van der Waals surface area (Å²) in [5.74, 6) is 0. The largest absolute Gasteiger partial charge is 0.345 e. The highest BCUT2D eigenvalue weighted by molar-refractivity contribution is 5.12. The molecule has 0 N–H and O–H groups in total. The fourth-order valence-electron chi connectivity index (χ4n) is 1.13. The number of pyridine rings is 1. The van der Waals surface area contributed by atoms with Gasteiger partial charge < -0.3 is 9.47 Å². The number of hydrogen-bond acceptors (Lipinski definition) is 3. The van der Waals surface area contributed by atoms with Crippen LogP contribution < -0.4 is 0 Å². The second-order valence-corrected chi connectivity index (χ2v) is 2.77. The van der Waals surface area contributed by atoms with Gasteiger partial charge in [-0.1, -0.05) is 0 Å². The molecular formula is C11H16NO2. The van der Waals surface area contributed by atoms with E-state index in [0.29, 0.717) is 25.9 Å². The molecule has 77 valence electrons. The third-order valence-corrected chi connectivity index (χ3v) is 1.71. The van der Waals surface area contributed by atoms with Crippen LogP contribution in [0.4, 0.5) is 0 Å². The molecule has 0 atom stereocenters. The highest BCUT2D eigenvalue weighted by Gasteiger charge is 2.10. The average Bonchev–Trinajstić information content (AvgIpc) is 2.20. The first kappa shape index (κ1) is 11.1. The van der Waals surface area contributed by atoms with Crippen molar-refractivity contribution in [1.82, 2.24) is 4.98 Å². The monoisotopic (exact) mass is 194 g/mol. The van der Waals surface area contributed by atoms with Crippen molar-refractivity contribution in [3.05, 3.63) is 36.4 Å². The predicted molar refractivity (Wildman–Crippen MR) is 54.4 cm³/mol. The van der Waals surface area contributed by atoms with Crippen LogP contribution in [0.1, 0.15) is 19.4 Å². The lowest BCUT2D eigenvalue weighted by molar-refractivity contribution is -0.0378. The van der Waals surface area contributed by atoms with Crippen molar-refractivity contribution in [2.75, 3.05) is 13.2 Å². The van der Waals surface area contributed by atoms with Crippen molar-refractivity contribution in [3.8, 4) is 0 Å². The molecule has 3 nitrogen and oxygen atoms in total. The summed E-state index contributed by atoms with van der Waals surface area (Å²) in [6.07, 6.45) is 4.92. The molecule has 1 rings (SSSR count). The Hall–Kier alpha value is -0.930. The Balaban J connectivity index is 2.46. The van der Waals surface area contributed by atoms with Gasteiger partial charge in [-0.3, -0.25) is 4.98 Å². The molecule has 0 aliphatic rings. The van der Waals surface area contributed by atoms with Gasteiger partial charge in [0.15, 0.2) is 0 Å². The summed E-state index contributed by atoms with van der Waals surface area (Å²) >= 11 is 0. The van der Waals surface area contributed by atoms with Crippen molar-refractivity contribution in [2.45, 2.75) is 20.3 Å². The molecule has 0 fully saturated rings. The number of aromatic nitrogens is 1. The van der Waals surface area contributed by atoms with E-state index in [1.807, 2.05) is 26.0 Å². The van der Waals surface area contributed by atoms with Crippen LogP contribution in [0.5, 0.6) is 0 Å². The van der Waals surface area contributed by atoms with Gasteiger partial charge in [-0.2, -0.15) is 0 Å². The maximum absolute atomic E-state index is 5.36. The molecule has 0 unspecified atom stereocenters. The van der Waals surface area contributed by atoms with Gasteiger partial charge >= 0.3 is 0 Å². The summed E-state index contributed by atoms with van der Waals surface area (Å²) in [6.45, 7) is 5.18. The van der Waals surface area contributed by atoms with Gasteiger partial charge in [-0.15, -0.1) is 0 Å². The molecule has 0 saturated heterocycles. The first-order valence-corrected chi connectivity index (χ1v) is 4.87. The van der Waals surface area contributed by atoms with Crippen LogP contribution in [0, 0.1) is 6.29 Å². The Bertz CT molecular complexity index is 232. The van der Waals surface area contributed by atoms with E-state index < -0.39 is 0 Å². The highest BCUT2D eigenvalue weighted by atomic mass is 16.7. The highest BCUT2D eigenvalue weighted by Crippen LogP contribution is 2.12. The molecule has 14 heavy (non-hydrogen) atoms. The maximum Gasteiger partial charge on any atom is 0.228 e. The summed E-state index contributed by atoms with van der Waals surface area (Å²) in [5, 5.41) is 0. The molecule has 3 heteroatoms.